The SMILES string of the molecule is O=S(=O)(F)c1c(Br)ccnc1F. The molecular formula is C5H2BrF2NO2S. The van der Waals surface area contributed by atoms with Crippen LogP contribution in [0.25, 0.3) is 0 Å². The van der Waals surface area contributed by atoms with Crippen LogP contribution in [0.5, 0.6) is 0 Å². The standard InChI is InChI=1S/C5H2BrF2NO2S/c6-3-1-2-9-5(7)4(3)12(8,10)11/h1-2H. The molecule has 0 atom stereocenters. The van der Waals surface area contributed by atoms with Crippen molar-refractivity contribution in [3.05, 3.63) is 22.7 Å². The lowest BCUT2D eigenvalue weighted by molar-refractivity contribution is 0.515. The van der Waals surface area contributed by atoms with Gasteiger partial charge in [-0.1, -0.05) is 0 Å². The Bertz CT molecular complexity index is 386. The summed E-state index contributed by atoms with van der Waals surface area (Å²) in [6.07, 6.45) is 1.02. The Morgan fingerprint density at radius 3 is 2.42 bits per heavy atom. The molecular weight excluding hydrogens is 256 g/mol. The normalized spacial score (nSPS) is 11.6. The van der Waals surface area contributed by atoms with E-state index in [0.717, 1.165) is 12.3 Å². The van der Waals surface area contributed by atoms with Crippen LogP contribution >= 0.6 is 15.9 Å². The van der Waals surface area contributed by atoms with Crippen LogP contribution in [0.2, 0.25) is 0 Å². The number of aromatic nitrogens is 1. The van der Waals surface area contributed by atoms with E-state index in [-0.39, 0.29) is 4.47 Å². The molecule has 0 aliphatic heterocycles. The molecule has 12 heavy (non-hydrogen) atoms. The Morgan fingerprint density at radius 1 is 1.50 bits per heavy atom. The molecule has 0 unspecified atom stereocenters. The third-order valence-corrected chi connectivity index (χ3v) is 2.86. The maximum atomic E-state index is 12.6. The number of nitrogens with zero attached hydrogens (tertiary/aromatic N) is 1. The third kappa shape index (κ3) is 1.78. The van der Waals surface area contributed by atoms with Gasteiger partial charge < -0.3 is 0 Å². The Kier molecular flexibility index (Phi) is 2.43. The molecule has 0 amide bonds. The average Bonchev–Trinajstić information content (AvgIpc) is 1.82. The van der Waals surface area contributed by atoms with Gasteiger partial charge in [-0.2, -0.15) is 12.8 Å². The van der Waals surface area contributed by atoms with Crippen LogP contribution in [-0.4, -0.2) is 13.4 Å². The van der Waals surface area contributed by atoms with E-state index in [1.807, 2.05) is 0 Å². The van der Waals surface area contributed by atoms with Crippen LogP contribution in [0.3, 0.4) is 0 Å². The van der Waals surface area contributed by atoms with Gasteiger partial charge in [-0.05, 0) is 22.0 Å². The summed E-state index contributed by atoms with van der Waals surface area (Å²) < 4.78 is 45.3. The first kappa shape index (κ1) is 9.53. The molecule has 0 aliphatic carbocycles. The number of halogens is 3. The predicted octanol–water partition coefficient (Wildman–Crippen LogP) is 1.64. The molecule has 1 aromatic rings. The second-order valence-electron chi connectivity index (χ2n) is 1.85. The minimum absolute atomic E-state index is 0.183. The van der Waals surface area contributed by atoms with Gasteiger partial charge in [0, 0.05) is 10.7 Å². The van der Waals surface area contributed by atoms with Crippen molar-refractivity contribution in [1.82, 2.24) is 4.98 Å². The lowest BCUT2D eigenvalue weighted by Crippen LogP contribution is -1.99. The number of pyridine rings is 1. The lowest BCUT2D eigenvalue weighted by Gasteiger charge is -1.97. The highest BCUT2D eigenvalue weighted by Crippen LogP contribution is 2.24. The van der Waals surface area contributed by atoms with Gasteiger partial charge in [0.05, 0.1) is 0 Å². The maximum Gasteiger partial charge on any atom is 0.337 e. The fraction of sp³-hybridized carbons (Fsp3) is 0. The molecule has 0 spiro atoms. The zero-order valence-corrected chi connectivity index (χ0v) is 7.86. The molecule has 0 saturated carbocycles. The first-order valence-corrected chi connectivity index (χ1v) is 4.85. The largest absolute Gasteiger partial charge is 0.337 e. The number of hydrogen-bond acceptors (Lipinski definition) is 3. The van der Waals surface area contributed by atoms with Crippen LogP contribution in [0, 0.1) is 5.95 Å². The minimum Gasteiger partial charge on any atom is -0.227 e. The first-order chi connectivity index (χ1) is 5.43. The van der Waals surface area contributed by atoms with Crippen molar-refractivity contribution in [2.45, 2.75) is 4.90 Å². The highest BCUT2D eigenvalue weighted by Gasteiger charge is 2.22. The van der Waals surface area contributed by atoms with Crippen LogP contribution < -0.4 is 0 Å². The summed E-state index contributed by atoms with van der Waals surface area (Å²) in [5.74, 6) is -1.35. The highest BCUT2D eigenvalue weighted by molar-refractivity contribution is 9.10. The quantitative estimate of drug-likeness (QED) is 0.568. The summed E-state index contributed by atoms with van der Waals surface area (Å²) in [6, 6.07) is 1.13. The zero-order valence-electron chi connectivity index (χ0n) is 5.46. The van der Waals surface area contributed by atoms with Gasteiger partial charge in [-0.3, -0.25) is 0 Å². The second kappa shape index (κ2) is 3.06. The van der Waals surface area contributed by atoms with Crippen molar-refractivity contribution in [1.29, 1.82) is 0 Å². The summed E-state index contributed by atoms with van der Waals surface area (Å²) in [4.78, 5) is 1.93. The summed E-state index contributed by atoms with van der Waals surface area (Å²) in [7, 11) is -5.05. The Balaban J connectivity index is 3.53. The highest BCUT2D eigenvalue weighted by atomic mass is 79.9. The molecule has 66 valence electrons. The molecule has 0 aliphatic rings. The van der Waals surface area contributed by atoms with Gasteiger partial charge in [0.25, 0.3) is 0 Å². The fourth-order valence-corrected chi connectivity index (χ4v) is 2.03. The second-order valence-corrected chi connectivity index (χ2v) is 3.99. The lowest BCUT2D eigenvalue weighted by atomic mass is 10.5. The molecule has 1 heterocycles. The zero-order chi connectivity index (χ0) is 9.35. The molecule has 0 fully saturated rings. The van der Waals surface area contributed by atoms with Crippen molar-refractivity contribution < 1.29 is 16.7 Å². The Labute approximate surface area is 75.8 Å². The van der Waals surface area contributed by atoms with Gasteiger partial charge in [0.2, 0.25) is 5.95 Å². The third-order valence-electron chi connectivity index (χ3n) is 1.06. The van der Waals surface area contributed by atoms with E-state index in [1.165, 1.54) is 0 Å². The van der Waals surface area contributed by atoms with Gasteiger partial charge in [-0.25, -0.2) is 4.98 Å². The van der Waals surface area contributed by atoms with E-state index in [0.29, 0.717) is 0 Å². The molecule has 0 bridgehead atoms. The monoisotopic (exact) mass is 257 g/mol. The molecule has 0 aromatic carbocycles. The van der Waals surface area contributed by atoms with Gasteiger partial charge >= 0.3 is 10.2 Å². The molecule has 7 heteroatoms. The summed E-state index contributed by atoms with van der Waals surface area (Å²) in [5.41, 5.74) is 0. The fourth-order valence-electron chi connectivity index (χ4n) is 0.618. The molecule has 3 nitrogen and oxygen atoms in total. The van der Waals surface area contributed by atoms with Crippen LogP contribution in [0.15, 0.2) is 21.6 Å². The van der Waals surface area contributed by atoms with E-state index in [1.54, 1.807) is 0 Å². The van der Waals surface area contributed by atoms with Crippen molar-refractivity contribution in [2.75, 3.05) is 0 Å². The Hall–Kier alpha value is -0.560. The van der Waals surface area contributed by atoms with E-state index in [2.05, 4.69) is 20.9 Å². The number of rotatable bonds is 1. The van der Waals surface area contributed by atoms with Crippen molar-refractivity contribution >= 4 is 26.2 Å². The molecule has 0 radical (unpaired) electrons. The van der Waals surface area contributed by atoms with Crippen molar-refractivity contribution in [2.24, 2.45) is 0 Å². The van der Waals surface area contributed by atoms with Crippen LogP contribution in [-0.2, 0) is 10.2 Å². The van der Waals surface area contributed by atoms with Crippen LogP contribution in [0.1, 0.15) is 0 Å². The van der Waals surface area contributed by atoms with Crippen LogP contribution in [0.4, 0.5) is 8.28 Å². The van der Waals surface area contributed by atoms with E-state index >= 15 is 0 Å². The predicted molar refractivity (Wildman–Crippen MR) is 40.2 cm³/mol. The minimum atomic E-state index is -5.05. The number of hydrogen-bond donors (Lipinski definition) is 0. The summed E-state index contributed by atoms with van der Waals surface area (Å²) in [6.45, 7) is 0. The van der Waals surface area contributed by atoms with E-state index < -0.39 is 21.1 Å². The van der Waals surface area contributed by atoms with Gasteiger partial charge in [-0.15, -0.1) is 3.89 Å². The Morgan fingerprint density at radius 2 is 2.08 bits per heavy atom. The molecule has 0 N–H and O–H groups in total. The maximum absolute atomic E-state index is 12.6. The molecule has 1 aromatic heterocycles. The summed E-state index contributed by atoms with van der Waals surface area (Å²) in [5, 5.41) is 0. The van der Waals surface area contributed by atoms with Gasteiger partial charge in [0.15, 0.2) is 4.90 Å². The van der Waals surface area contributed by atoms with Gasteiger partial charge in [0.1, 0.15) is 0 Å². The van der Waals surface area contributed by atoms with E-state index in [4.69, 9.17) is 0 Å². The average molecular weight is 258 g/mol. The van der Waals surface area contributed by atoms with Crippen molar-refractivity contribution in [3.63, 3.8) is 0 Å². The van der Waals surface area contributed by atoms with Crippen molar-refractivity contribution in [3.8, 4) is 0 Å². The first-order valence-electron chi connectivity index (χ1n) is 2.67. The smallest absolute Gasteiger partial charge is 0.227 e. The topological polar surface area (TPSA) is 47.0 Å². The molecule has 1 rings (SSSR count). The summed E-state index contributed by atoms with van der Waals surface area (Å²) >= 11 is 2.68. The van der Waals surface area contributed by atoms with E-state index in [9.17, 15) is 16.7 Å². The molecule has 0 saturated heterocycles.